The van der Waals surface area contributed by atoms with E-state index in [1.165, 1.54) is 15.6 Å². The van der Waals surface area contributed by atoms with Crippen molar-refractivity contribution >= 4 is 56.2 Å². The number of carbonyl (C=O) groups is 1. The van der Waals surface area contributed by atoms with Gasteiger partial charge < -0.3 is 9.80 Å². The second-order valence-corrected chi connectivity index (χ2v) is 12.7. The standard InChI is InChI=1S/C25H25Cl2N3O3S2/c26-19-8-9-22(27)23(15-19)28-10-12-29(13-11-28)25(31)21-17-30(35(32,33)24-7-4-14-34-24)16-20(21)18-5-2-1-3-6-18/h1-9,14-15,20-21H,10-13,16-17H2/t20-,21+/m0/s1. The van der Waals surface area contributed by atoms with Crippen LogP contribution >= 0.6 is 34.5 Å². The summed E-state index contributed by atoms with van der Waals surface area (Å²) in [5, 5.41) is 3.00. The minimum absolute atomic E-state index is 0.000395. The van der Waals surface area contributed by atoms with Crippen LogP contribution in [0.5, 0.6) is 0 Å². The average Bonchev–Trinajstić information content (AvgIpc) is 3.57. The van der Waals surface area contributed by atoms with Gasteiger partial charge in [-0.25, -0.2) is 8.42 Å². The molecule has 35 heavy (non-hydrogen) atoms. The Bertz CT molecular complexity index is 1290. The SMILES string of the molecule is O=C([C@@H]1CN(S(=O)(=O)c2cccs2)C[C@H]1c1ccccc1)N1CCN(c2cc(Cl)ccc2Cl)CC1. The third-order valence-electron chi connectivity index (χ3n) is 6.76. The van der Waals surface area contributed by atoms with Crippen LogP contribution in [0, 0.1) is 5.92 Å². The van der Waals surface area contributed by atoms with Crippen LogP contribution in [0.25, 0.3) is 0 Å². The number of thiophene rings is 1. The largest absolute Gasteiger partial charge is 0.367 e. The van der Waals surface area contributed by atoms with Gasteiger partial charge in [0.15, 0.2) is 0 Å². The fourth-order valence-corrected chi connectivity index (χ4v) is 7.96. The van der Waals surface area contributed by atoms with Crippen LogP contribution in [0.1, 0.15) is 11.5 Å². The second kappa shape index (κ2) is 10.1. The summed E-state index contributed by atoms with van der Waals surface area (Å²) >= 11 is 13.7. The molecule has 0 bridgehead atoms. The third-order valence-corrected chi connectivity index (χ3v) is 10.5. The van der Waals surface area contributed by atoms with E-state index in [1.807, 2.05) is 41.3 Å². The molecular formula is C25H25Cl2N3O3S2. The van der Waals surface area contributed by atoms with Crippen LogP contribution in [0.2, 0.25) is 10.0 Å². The lowest BCUT2D eigenvalue weighted by atomic mass is 9.88. The molecule has 2 aromatic carbocycles. The number of nitrogens with zero attached hydrogens (tertiary/aromatic N) is 3. The molecule has 2 saturated heterocycles. The van der Waals surface area contributed by atoms with Gasteiger partial charge in [-0.05, 0) is 35.2 Å². The van der Waals surface area contributed by atoms with Crippen molar-refractivity contribution in [3.05, 3.63) is 81.7 Å². The minimum atomic E-state index is -3.64. The normalized spacial score (nSPS) is 21.4. The number of halogens is 2. The van der Waals surface area contributed by atoms with Crippen LogP contribution in [0.15, 0.2) is 70.3 Å². The average molecular weight is 551 g/mol. The highest BCUT2D eigenvalue weighted by atomic mass is 35.5. The summed E-state index contributed by atoms with van der Waals surface area (Å²) in [4.78, 5) is 17.7. The second-order valence-electron chi connectivity index (χ2n) is 8.79. The molecule has 2 fully saturated rings. The molecule has 0 radical (unpaired) electrons. The summed E-state index contributed by atoms with van der Waals surface area (Å²) in [6, 6.07) is 18.5. The Morgan fingerprint density at radius 3 is 2.34 bits per heavy atom. The van der Waals surface area contributed by atoms with E-state index in [0.717, 1.165) is 11.3 Å². The lowest BCUT2D eigenvalue weighted by molar-refractivity contribution is -0.135. The minimum Gasteiger partial charge on any atom is -0.367 e. The highest BCUT2D eigenvalue weighted by Gasteiger charge is 2.45. The number of piperazine rings is 1. The van der Waals surface area contributed by atoms with Crippen molar-refractivity contribution in [1.29, 1.82) is 0 Å². The Hall–Kier alpha value is -2.10. The van der Waals surface area contributed by atoms with Gasteiger partial charge in [-0.15, -0.1) is 11.3 Å². The number of hydrogen-bond donors (Lipinski definition) is 0. The number of amides is 1. The number of benzene rings is 2. The molecular weight excluding hydrogens is 525 g/mol. The van der Waals surface area contributed by atoms with Gasteiger partial charge >= 0.3 is 0 Å². The molecule has 0 spiro atoms. The van der Waals surface area contributed by atoms with E-state index in [4.69, 9.17) is 23.2 Å². The van der Waals surface area contributed by atoms with Gasteiger partial charge in [0.05, 0.1) is 16.6 Å². The molecule has 10 heteroatoms. The number of rotatable bonds is 5. The summed E-state index contributed by atoms with van der Waals surface area (Å²) in [5.41, 5.74) is 1.85. The van der Waals surface area contributed by atoms with E-state index in [1.54, 1.807) is 29.6 Å². The molecule has 3 heterocycles. The topological polar surface area (TPSA) is 60.9 Å². The van der Waals surface area contributed by atoms with Crippen molar-refractivity contribution < 1.29 is 13.2 Å². The predicted molar refractivity (Wildman–Crippen MR) is 141 cm³/mol. The fraction of sp³-hybridized carbons (Fsp3) is 0.320. The molecule has 2 atom stereocenters. The van der Waals surface area contributed by atoms with E-state index in [2.05, 4.69) is 4.90 Å². The highest BCUT2D eigenvalue weighted by Crippen LogP contribution is 2.38. The molecule has 1 aromatic heterocycles. The van der Waals surface area contributed by atoms with Gasteiger partial charge in [0.1, 0.15) is 4.21 Å². The Balaban J connectivity index is 1.35. The molecule has 0 saturated carbocycles. The van der Waals surface area contributed by atoms with Gasteiger partial charge in [0.2, 0.25) is 5.91 Å². The third kappa shape index (κ3) is 4.95. The molecule has 6 nitrogen and oxygen atoms in total. The smallest absolute Gasteiger partial charge is 0.252 e. The summed E-state index contributed by atoms with van der Waals surface area (Å²) in [6.45, 7) is 2.81. The molecule has 0 aliphatic carbocycles. The van der Waals surface area contributed by atoms with Gasteiger partial charge in [-0.1, -0.05) is 59.6 Å². The quantitative estimate of drug-likeness (QED) is 0.458. The first-order valence-corrected chi connectivity index (χ1v) is 14.5. The first kappa shape index (κ1) is 24.6. The van der Waals surface area contributed by atoms with Gasteiger partial charge in [0.25, 0.3) is 10.0 Å². The van der Waals surface area contributed by atoms with Crippen LogP contribution in [-0.2, 0) is 14.8 Å². The first-order valence-electron chi connectivity index (χ1n) is 11.4. The van der Waals surface area contributed by atoms with E-state index in [-0.39, 0.29) is 18.4 Å². The van der Waals surface area contributed by atoms with Crippen molar-refractivity contribution in [1.82, 2.24) is 9.21 Å². The zero-order valence-electron chi connectivity index (χ0n) is 18.9. The van der Waals surface area contributed by atoms with Crippen molar-refractivity contribution in [2.75, 3.05) is 44.2 Å². The van der Waals surface area contributed by atoms with E-state index in [0.29, 0.717) is 47.0 Å². The molecule has 2 aliphatic rings. The number of carbonyl (C=O) groups excluding carboxylic acids is 1. The van der Waals surface area contributed by atoms with Gasteiger partial charge in [-0.3, -0.25) is 4.79 Å². The Morgan fingerprint density at radius 1 is 0.914 bits per heavy atom. The fourth-order valence-electron chi connectivity index (χ4n) is 4.92. The summed E-state index contributed by atoms with van der Waals surface area (Å²) in [5.74, 6) is -0.633. The Labute approximate surface area is 219 Å². The number of sulfonamides is 1. The first-order chi connectivity index (χ1) is 16.8. The Morgan fingerprint density at radius 2 is 1.66 bits per heavy atom. The number of anilines is 1. The molecule has 3 aromatic rings. The van der Waals surface area contributed by atoms with Crippen LogP contribution in [0.4, 0.5) is 5.69 Å². The summed E-state index contributed by atoms with van der Waals surface area (Å²) in [6.07, 6.45) is 0. The van der Waals surface area contributed by atoms with Crippen molar-refractivity contribution in [3.63, 3.8) is 0 Å². The van der Waals surface area contributed by atoms with Gasteiger partial charge in [0, 0.05) is 50.2 Å². The molecule has 0 unspecified atom stereocenters. The van der Waals surface area contributed by atoms with Crippen LogP contribution < -0.4 is 4.90 Å². The summed E-state index contributed by atoms with van der Waals surface area (Å²) in [7, 11) is -3.64. The molecule has 0 N–H and O–H groups in total. The highest BCUT2D eigenvalue weighted by molar-refractivity contribution is 7.91. The lowest BCUT2D eigenvalue weighted by Crippen LogP contribution is -2.51. The zero-order chi connectivity index (χ0) is 24.6. The molecule has 1 amide bonds. The van der Waals surface area contributed by atoms with Crippen molar-refractivity contribution in [3.8, 4) is 0 Å². The Kier molecular flexibility index (Phi) is 7.10. The van der Waals surface area contributed by atoms with E-state index >= 15 is 0 Å². The maximum atomic E-state index is 13.7. The zero-order valence-corrected chi connectivity index (χ0v) is 22.0. The molecule has 184 valence electrons. The number of hydrogen-bond acceptors (Lipinski definition) is 5. The van der Waals surface area contributed by atoms with E-state index < -0.39 is 15.9 Å². The van der Waals surface area contributed by atoms with E-state index in [9.17, 15) is 13.2 Å². The van der Waals surface area contributed by atoms with Crippen molar-refractivity contribution in [2.45, 2.75) is 10.1 Å². The maximum Gasteiger partial charge on any atom is 0.252 e. The van der Waals surface area contributed by atoms with Gasteiger partial charge in [-0.2, -0.15) is 4.31 Å². The summed E-state index contributed by atoms with van der Waals surface area (Å²) < 4.78 is 28.3. The van der Waals surface area contributed by atoms with Crippen LogP contribution in [0.3, 0.4) is 0 Å². The van der Waals surface area contributed by atoms with Crippen molar-refractivity contribution in [2.24, 2.45) is 5.92 Å². The predicted octanol–water partition coefficient (Wildman–Crippen LogP) is 4.81. The molecule has 2 aliphatic heterocycles. The maximum absolute atomic E-state index is 13.7. The monoisotopic (exact) mass is 549 g/mol. The lowest BCUT2D eigenvalue weighted by Gasteiger charge is -2.38. The molecule has 5 rings (SSSR count). The van der Waals surface area contributed by atoms with Crippen LogP contribution in [-0.4, -0.2) is 62.8 Å².